The molecule has 4 atom stereocenters. The van der Waals surface area contributed by atoms with Gasteiger partial charge < -0.3 is 9.11 Å². The molecule has 0 aliphatic carbocycles. The van der Waals surface area contributed by atoms with Crippen LogP contribution in [0.4, 0.5) is 0 Å². The van der Waals surface area contributed by atoms with Crippen molar-refractivity contribution in [3.8, 4) is 0 Å². The first-order valence-electron chi connectivity index (χ1n) is 16.6. The summed E-state index contributed by atoms with van der Waals surface area (Å²) in [6.45, 7) is 18.0. The normalized spacial score (nSPS) is 14.6. The van der Waals surface area contributed by atoms with Gasteiger partial charge in [-0.1, -0.05) is 139 Å². The fourth-order valence-electron chi connectivity index (χ4n) is 5.21. The van der Waals surface area contributed by atoms with Crippen molar-refractivity contribution in [2.45, 2.75) is 158 Å². The Labute approximate surface area is 318 Å². The molecule has 0 aromatic carbocycles. The average Bonchev–Trinajstić information content (AvgIpc) is 2.84. The molecule has 0 N–H and O–H groups in total. The average molecular weight is 689 g/mol. The molecule has 12 heteroatoms. The van der Waals surface area contributed by atoms with E-state index >= 15 is 0 Å². The van der Waals surface area contributed by atoms with Crippen LogP contribution >= 0.6 is 0 Å². The van der Waals surface area contributed by atoms with E-state index < -0.39 is 20.8 Å². The maximum Gasteiger partial charge on any atom is 1.00 e. The summed E-state index contributed by atoms with van der Waals surface area (Å²) in [4.78, 5) is 0. The van der Waals surface area contributed by atoms with Gasteiger partial charge >= 0.3 is 59.1 Å². The number of hydrogen-bond donors (Lipinski definition) is 0. The topological polar surface area (TPSA) is 133 Å². The second-order valence-corrected chi connectivity index (χ2v) is 15.6. The summed E-state index contributed by atoms with van der Waals surface area (Å²) in [7, 11) is -9.04. The van der Waals surface area contributed by atoms with Crippen LogP contribution in [0.25, 0.3) is 0 Å². The molecule has 0 aromatic heterocycles. The Balaban J connectivity index is -0.000000348. The van der Waals surface area contributed by atoms with Gasteiger partial charge in [0, 0.05) is 0 Å². The Hall–Kier alpha value is 1.74. The van der Waals surface area contributed by atoms with E-state index in [-0.39, 0.29) is 72.3 Å². The Morgan fingerprint density at radius 1 is 0.477 bits per heavy atom. The van der Waals surface area contributed by atoms with Crippen LogP contribution in [0.1, 0.15) is 158 Å². The zero-order chi connectivity index (χ0) is 32.6. The van der Waals surface area contributed by atoms with Crippen molar-refractivity contribution in [2.24, 2.45) is 35.5 Å². The van der Waals surface area contributed by atoms with Gasteiger partial charge in [0.2, 0.25) is 20.8 Å². The fraction of sp³-hybridized carbons (Fsp3) is 1.00. The molecule has 0 fully saturated rings. The number of hydrogen-bond acceptors (Lipinski definition) is 8. The summed E-state index contributed by atoms with van der Waals surface area (Å²) < 4.78 is 70.4. The first-order chi connectivity index (χ1) is 19.4. The smallest absolute Gasteiger partial charge is 0.726 e. The Kier molecular flexibility index (Phi) is 38.2. The monoisotopic (exact) mass is 688 g/mol. The molecular formula is C32H66Na2O8S2. The standard InChI is InChI=1S/2C16H34O4S.2Na/c1-14(2)8-5-9-15(3)10-6-11-16(4)12-7-13-20-21(17,18)19;1-5-16(12-13-20-21(17,18)19)11-7-10-15(4)9-6-8-14(2)3;;/h2*14-16H,5-13H2,1-4H3,(H,17,18,19);;/q;;2*+1/p-2. The molecule has 0 saturated heterocycles. The summed E-state index contributed by atoms with van der Waals surface area (Å²) >= 11 is 0. The van der Waals surface area contributed by atoms with E-state index in [1.54, 1.807) is 0 Å². The van der Waals surface area contributed by atoms with E-state index in [1.807, 2.05) is 0 Å². The van der Waals surface area contributed by atoms with Gasteiger partial charge in [-0.3, -0.25) is 8.37 Å². The SMILES string of the molecule is CC(C)CCCC(C)CCCC(C)CCCOS(=O)(=O)[O-].CCC(CCCC(C)CCCC(C)C)CCOS(=O)(=O)[O-].[Na+].[Na+]. The number of rotatable bonds is 26. The molecule has 4 unspecified atom stereocenters. The van der Waals surface area contributed by atoms with Crippen molar-refractivity contribution in [1.29, 1.82) is 0 Å². The van der Waals surface area contributed by atoms with Crippen LogP contribution in [0.5, 0.6) is 0 Å². The van der Waals surface area contributed by atoms with Gasteiger partial charge in [-0.05, 0) is 54.8 Å². The fourth-order valence-corrected chi connectivity index (χ4v) is 5.84. The first kappa shape index (κ1) is 52.6. The molecule has 0 bridgehead atoms. The molecule has 44 heavy (non-hydrogen) atoms. The van der Waals surface area contributed by atoms with Crippen LogP contribution in [0.15, 0.2) is 0 Å². The van der Waals surface area contributed by atoms with Gasteiger partial charge in [0.25, 0.3) is 0 Å². The molecular weight excluding hydrogens is 622 g/mol. The Bertz CT molecular complexity index is 824. The predicted molar refractivity (Wildman–Crippen MR) is 172 cm³/mol. The second kappa shape index (κ2) is 32.0. The van der Waals surface area contributed by atoms with Gasteiger partial charge in [0.1, 0.15) is 0 Å². The molecule has 256 valence electrons. The van der Waals surface area contributed by atoms with Crippen LogP contribution in [0, 0.1) is 35.5 Å². The minimum atomic E-state index is -4.53. The third-order valence-corrected chi connectivity index (χ3v) is 8.97. The molecule has 0 rings (SSSR count). The van der Waals surface area contributed by atoms with Crippen molar-refractivity contribution >= 4 is 20.8 Å². The first-order valence-corrected chi connectivity index (χ1v) is 19.3. The van der Waals surface area contributed by atoms with Crippen LogP contribution in [-0.4, -0.2) is 39.2 Å². The van der Waals surface area contributed by atoms with E-state index in [2.05, 4.69) is 63.8 Å². The summed E-state index contributed by atoms with van der Waals surface area (Å²) in [6.07, 6.45) is 18.3. The second-order valence-electron chi connectivity index (χ2n) is 13.5. The maximum atomic E-state index is 10.4. The van der Waals surface area contributed by atoms with Crippen molar-refractivity contribution in [2.75, 3.05) is 13.2 Å². The van der Waals surface area contributed by atoms with Gasteiger partial charge in [0.05, 0.1) is 13.2 Å². The molecule has 0 aromatic rings. The molecule has 0 radical (unpaired) electrons. The largest absolute Gasteiger partial charge is 1.00 e. The van der Waals surface area contributed by atoms with Crippen molar-refractivity contribution in [3.05, 3.63) is 0 Å². The van der Waals surface area contributed by atoms with Crippen LogP contribution in [0.3, 0.4) is 0 Å². The van der Waals surface area contributed by atoms with Crippen molar-refractivity contribution < 1.29 is 93.4 Å². The Morgan fingerprint density at radius 3 is 1.14 bits per heavy atom. The van der Waals surface area contributed by atoms with E-state index in [1.165, 1.54) is 70.6 Å². The molecule has 0 aliphatic rings. The van der Waals surface area contributed by atoms with Gasteiger partial charge in [-0.2, -0.15) is 0 Å². The summed E-state index contributed by atoms with van der Waals surface area (Å²) in [5, 5.41) is 0. The van der Waals surface area contributed by atoms with Crippen LogP contribution < -0.4 is 59.1 Å². The third kappa shape index (κ3) is 43.7. The molecule has 0 aliphatic heterocycles. The van der Waals surface area contributed by atoms with Crippen LogP contribution in [-0.2, 0) is 29.2 Å². The predicted octanol–water partition coefficient (Wildman–Crippen LogP) is 3.03. The van der Waals surface area contributed by atoms with Crippen molar-refractivity contribution in [3.63, 3.8) is 0 Å². The minimum absolute atomic E-state index is 0. The van der Waals surface area contributed by atoms with Crippen LogP contribution in [0.2, 0.25) is 0 Å². The zero-order valence-electron chi connectivity index (χ0n) is 30.3. The third-order valence-electron chi connectivity index (χ3n) is 8.06. The molecule has 0 heterocycles. The van der Waals surface area contributed by atoms with E-state index in [4.69, 9.17) is 0 Å². The van der Waals surface area contributed by atoms with Crippen molar-refractivity contribution in [1.82, 2.24) is 0 Å². The summed E-state index contributed by atoms with van der Waals surface area (Å²) in [6, 6.07) is 0. The summed E-state index contributed by atoms with van der Waals surface area (Å²) in [5.41, 5.74) is 0. The summed E-state index contributed by atoms with van der Waals surface area (Å²) in [5.74, 6) is 4.17. The zero-order valence-corrected chi connectivity index (χ0v) is 35.9. The molecule has 0 saturated carbocycles. The van der Waals surface area contributed by atoms with E-state index in [9.17, 15) is 25.9 Å². The molecule has 0 amide bonds. The van der Waals surface area contributed by atoms with E-state index in [0.29, 0.717) is 24.7 Å². The van der Waals surface area contributed by atoms with Gasteiger partial charge in [0.15, 0.2) is 0 Å². The van der Waals surface area contributed by atoms with Gasteiger partial charge in [-0.15, -0.1) is 0 Å². The Morgan fingerprint density at radius 2 is 0.795 bits per heavy atom. The quantitative estimate of drug-likeness (QED) is 0.0587. The maximum absolute atomic E-state index is 10.4. The van der Waals surface area contributed by atoms with Gasteiger partial charge in [-0.25, -0.2) is 16.8 Å². The molecule has 0 spiro atoms. The minimum Gasteiger partial charge on any atom is -0.726 e. The molecule has 8 nitrogen and oxygen atoms in total. The van der Waals surface area contributed by atoms with E-state index in [0.717, 1.165) is 42.9 Å².